The first-order valence-electron chi connectivity index (χ1n) is 11.4. The Labute approximate surface area is 205 Å². The van der Waals surface area contributed by atoms with Gasteiger partial charge >= 0.3 is 0 Å². The van der Waals surface area contributed by atoms with Crippen molar-refractivity contribution >= 4 is 38.9 Å². The van der Waals surface area contributed by atoms with E-state index in [2.05, 4.69) is 33.2 Å². The van der Waals surface area contributed by atoms with Gasteiger partial charge in [0.25, 0.3) is 5.91 Å². The quantitative estimate of drug-likeness (QED) is 0.444. The largest absolute Gasteiger partial charge is 0.371 e. The number of likely N-dealkylation sites (N-methyl/N-ethyl adjacent to an activating group) is 1. The molecule has 0 bridgehead atoms. The van der Waals surface area contributed by atoms with Crippen molar-refractivity contribution in [2.75, 3.05) is 28.6 Å². The van der Waals surface area contributed by atoms with E-state index in [1.165, 1.54) is 36.8 Å². The van der Waals surface area contributed by atoms with Crippen molar-refractivity contribution in [3.8, 4) is 0 Å². The zero-order valence-electron chi connectivity index (χ0n) is 19.7. The van der Waals surface area contributed by atoms with Gasteiger partial charge in [0.1, 0.15) is 0 Å². The predicted octanol–water partition coefficient (Wildman–Crippen LogP) is 3.76. The van der Waals surface area contributed by atoms with Crippen LogP contribution in [0.15, 0.2) is 71.6 Å². The van der Waals surface area contributed by atoms with Crippen molar-refractivity contribution in [2.45, 2.75) is 31.7 Å². The van der Waals surface area contributed by atoms with Crippen molar-refractivity contribution < 1.29 is 18.0 Å². The van der Waals surface area contributed by atoms with Gasteiger partial charge in [0.2, 0.25) is 15.9 Å². The summed E-state index contributed by atoms with van der Waals surface area (Å²) >= 11 is 0. The summed E-state index contributed by atoms with van der Waals surface area (Å²) in [6, 6.07) is 18.7. The highest BCUT2D eigenvalue weighted by Gasteiger charge is 2.18. The average Bonchev–Trinajstić information content (AvgIpc) is 3.25. The summed E-state index contributed by atoms with van der Waals surface area (Å²) in [7, 11) is -3.73. The molecule has 0 saturated heterocycles. The maximum atomic E-state index is 12.7. The molecular weight excluding hydrogens is 464 g/mol. The lowest BCUT2D eigenvalue weighted by Gasteiger charge is -2.17. The molecule has 3 N–H and O–H groups in total. The molecule has 8 nitrogen and oxygen atoms in total. The second-order valence-corrected chi connectivity index (χ2v) is 10.1. The number of fused-ring (bicyclic) bond motifs is 1. The fourth-order valence-electron chi connectivity index (χ4n) is 4.01. The number of carbonyl (C=O) groups excluding carboxylic acids is 2. The molecule has 0 atom stereocenters. The first kappa shape index (κ1) is 24.4. The second kappa shape index (κ2) is 10.3. The van der Waals surface area contributed by atoms with Gasteiger partial charge in [-0.1, -0.05) is 18.2 Å². The van der Waals surface area contributed by atoms with Crippen molar-refractivity contribution in [1.29, 1.82) is 0 Å². The lowest BCUT2D eigenvalue weighted by molar-refractivity contribution is -0.114. The summed E-state index contributed by atoms with van der Waals surface area (Å²) in [5.41, 5.74) is 4.93. The second-order valence-electron chi connectivity index (χ2n) is 8.35. The van der Waals surface area contributed by atoms with Crippen LogP contribution in [0.4, 0.5) is 17.1 Å². The number of benzene rings is 3. The molecule has 0 unspecified atom stereocenters. The highest BCUT2D eigenvalue weighted by Crippen LogP contribution is 2.30. The van der Waals surface area contributed by atoms with Gasteiger partial charge in [-0.05, 0) is 73.0 Å². The third kappa shape index (κ3) is 5.87. The van der Waals surface area contributed by atoms with Crippen LogP contribution < -0.4 is 20.3 Å². The molecule has 35 heavy (non-hydrogen) atoms. The molecule has 0 radical (unpaired) electrons. The fraction of sp³-hybridized carbons (Fsp3) is 0.231. The normalized spacial score (nSPS) is 12.8. The summed E-state index contributed by atoms with van der Waals surface area (Å²) in [6.07, 6.45) is 1.02. The third-order valence-corrected chi connectivity index (χ3v) is 7.30. The van der Waals surface area contributed by atoms with E-state index in [0.717, 1.165) is 36.4 Å². The first-order valence-corrected chi connectivity index (χ1v) is 12.9. The van der Waals surface area contributed by atoms with Gasteiger partial charge in [0.05, 0.1) is 4.90 Å². The summed E-state index contributed by atoms with van der Waals surface area (Å²) in [4.78, 5) is 26.2. The number of carbonyl (C=O) groups is 2. The van der Waals surface area contributed by atoms with Gasteiger partial charge in [0, 0.05) is 49.2 Å². The zero-order chi connectivity index (χ0) is 25.0. The molecule has 1 aliphatic heterocycles. The molecule has 2 amide bonds. The van der Waals surface area contributed by atoms with Crippen LogP contribution in [0.3, 0.4) is 0 Å². The maximum absolute atomic E-state index is 12.7. The molecule has 4 rings (SSSR count). The summed E-state index contributed by atoms with van der Waals surface area (Å²) < 4.78 is 27.7. The molecule has 0 spiro atoms. The highest BCUT2D eigenvalue weighted by molar-refractivity contribution is 7.89. The molecule has 1 heterocycles. The molecule has 1 aliphatic rings. The maximum Gasteiger partial charge on any atom is 0.255 e. The Kier molecular flexibility index (Phi) is 7.18. The fourth-order valence-corrected chi connectivity index (χ4v) is 5.03. The zero-order valence-corrected chi connectivity index (χ0v) is 20.5. The SMILES string of the molecule is CCN1CCc2ccc(NC(=O)c3ccc(CNS(=O)(=O)c4ccc(NC(C)=O)cc4)cc3)cc21. The van der Waals surface area contributed by atoms with E-state index < -0.39 is 10.0 Å². The number of nitrogens with zero attached hydrogens (tertiary/aromatic N) is 1. The molecule has 3 aromatic rings. The van der Waals surface area contributed by atoms with E-state index in [-0.39, 0.29) is 23.3 Å². The topological polar surface area (TPSA) is 108 Å². The van der Waals surface area contributed by atoms with Crippen LogP contribution in [0, 0.1) is 0 Å². The number of rotatable bonds is 8. The standard InChI is InChI=1S/C26H28N4O4S/c1-3-30-15-14-20-8-9-23(16-25(20)30)29-26(32)21-6-4-19(5-7-21)17-27-35(33,34)24-12-10-22(11-13-24)28-18(2)31/h4-13,16,27H,3,14-15,17H2,1-2H3,(H,28,31)(H,29,32). The Morgan fingerprint density at radius 1 is 0.914 bits per heavy atom. The third-order valence-electron chi connectivity index (χ3n) is 5.88. The van der Waals surface area contributed by atoms with Crippen molar-refractivity contribution in [3.63, 3.8) is 0 Å². The minimum Gasteiger partial charge on any atom is -0.371 e. The molecule has 182 valence electrons. The summed E-state index contributed by atoms with van der Waals surface area (Å²) in [5.74, 6) is -0.455. The predicted molar refractivity (Wildman–Crippen MR) is 137 cm³/mol. The summed E-state index contributed by atoms with van der Waals surface area (Å²) in [5, 5.41) is 5.54. The molecule has 0 saturated carbocycles. The van der Waals surface area contributed by atoms with Gasteiger partial charge in [0.15, 0.2) is 0 Å². The summed E-state index contributed by atoms with van der Waals surface area (Å²) in [6.45, 7) is 5.50. The van der Waals surface area contributed by atoms with E-state index in [9.17, 15) is 18.0 Å². The molecule has 0 aliphatic carbocycles. The van der Waals surface area contributed by atoms with Crippen LogP contribution in [0.25, 0.3) is 0 Å². The Balaban J connectivity index is 1.36. The molecule has 9 heteroatoms. The lowest BCUT2D eigenvalue weighted by Crippen LogP contribution is -2.23. The molecular formula is C26H28N4O4S. The molecule has 0 fully saturated rings. The number of hydrogen-bond donors (Lipinski definition) is 3. The first-order chi connectivity index (χ1) is 16.7. The van der Waals surface area contributed by atoms with Crippen molar-refractivity contribution in [1.82, 2.24) is 4.72 Å². The monoisotopic (exact) mass is 492 g/mol. The van der Waals surface area contributed by atoms with Crippen LogP contribution in [0.1, 0.15) is 35.3 Å². The molecule has 3 aromatic carbocycles. The van der Waals surface area contributed by atoms with Gasteiger partial charge in [-0.25, -0.2) is 13.1 Å². The number of amides is 2. The number of sulfonamides is 1. The van der Waals surface area contributed by atoms with E-state index in [1.54, 1.807) is 24.3 Å². The average molecular weight is 493 g/mol. The van der Waals surface area contributed by atoms with Crippen LogP contribution in [0.5, 0.6) is 0 Å². The van der Waals surface area contributed by atoms with Crippen molar-refractivity contribution in [3.05, 3.63) is 83.4 Å². The van der Waals surface area contributed by atoms with Crippen LogP contribution in [-0.2, 0) is 27.8 Å². The van der Waals surface area contributed by atoms with Gasteiger partial charge in [-0.3, -0.25) is 9.59 Å². The number of nitrogens with one attached hydrogen (secondary N) is 3. The van der Waals surface area contributed by atoms with Gasteiger partial charge in [-0.15, -0.1) is 0 Å². The minimum atomic E-state index is -3.73. The van der Waals surface area contributed by atoms with Crippen LogP contribution in [0.2, 0.25) is 0 Å². The van der Waals surface area contributed by atoms with E-state index in [4.69, 9.17) is 0 Å². The number of anilines is 3. The number of hydrogen-bond acceptors (Lipinski definition) is 5. The Morgan fingerprint density at radius 3 is 2.26 bits per heavy atom. The van der Waals surface area contributed by atoms with Crippen LogP contribution >= 0.6 is 0 Å². The van der Waals surface area contributed by atoms with E-state index >= 15 is 0 Å². The van der Waals surface area contributed by atoms with E-state index in [0.29, 0.717) is 11.3 Å². The smallest absolute Gasteiger partial charge is 0.255 e. The Morgan fingerprint density at radius 2 is 1.60 bits per heavy atom. The highest BCUT2D eigenvalue weighted by atomic mass is 32.2. The molecule has 0 aromatic heterocycles. The Bertz CT molecular complexity index is 1340. The van der Waals surface area contributed by atoms with Crippen molar-refractivity contribution in [2.24, 2.45) is 0 Å². The van der Waals surface area contributed by atoms with E-state index in [1.807, 2.05) is 12.1 Å². The van der Waals surface area contributed by atoms with Crippen LogP contribution in [-0.4, -0.2) is 33.3 Å². The minimum absolute atomic E-state index is 0.0787. The Hall–Kier alpha value is -3.69. The van der Waals surface area contributed by atoms with Gasteiger partial charge < -0.3 is 15.5 Å². The van der Waals surface area contributed by atoms with Gasteiger partial charge in [-0.2, -0.15) is 0 Å². The lowest BCUT2D eigenvalue weighted by atomic mass is 10.1.